The SMILES string of the molecule is CN(C)c1ccc2ccc(C(=O)O)c(C(=O)O)c2c1. The van der Waals surface area contributed by atoms with Gasteiger partial charge in [-0.05, 0) is 29.0 Å². The van der Waals surface area contributed by atoms with Crippen molar-refractivity contribution >= 4 is 28.4 Å². The molecule has 0 heterocycles. The maximum absolute atomic E-state index is 11.3. The number of carbonyl (C=O) groups is 2. The minimum atomic E-state index is -1.24. The predicted molar refractivity (Wildman–Crippen MR) is 72.2 cm³/mol. The molecular weight excluding hydrogens is 246 g/mol. The molecule has 0 fully saturated rings. The summed E-state index contributed by atoms with van der Waals surface area (Å²) in [6.07, 6.45) is 0. The number of carboxylic acid groups (broad SMARTS) is 2. The van der Waals surface area contributed by atoms with Gasteiger partial charge in [-0.15, -0.1) is 0 Å². The topological polar surface area (TPSA) is 77.8 Å². The van der Waals surface area contributed by atoms with E-state index in [2.05, 4.69) is 0 Å². The van der Waals surface area contributed by atoms with Crippen LogP contribution in [0.4, 0.5) is 5.69 Å². The van der Waals surface area contributed by atoms with Gasteiger partial charge in [0.1, 0.15) is 0 Å². The Bertz CT molecular complexity index is 676. The third-order valence-electron chi connectivity index (χ3n) is 2.97. The second-order valence-electron chi connectivity index (χ2n) is 4.40. The van der Waals surface area contributed by atoms with E-state index in [-0.39, 0.29) is 11.1 Å². The zero-order chi connectivity index (χ0) is 14.2. The van der Waals surface area contributed by atoms with Crippen molar-refractivity contribution in [3.63, 3.8) is 0 Å². The summed E-state index contributed by atoms with van der Waals surface area (Å²) in [4.78, 5) is 24.3. The number of rotatable bonds is 3. The summed E-state index contributed by atoms with van der Waals surface area (Å²) in [6.45, 7) is 0. The normalized spacial score (nSPS) is 10.4. The molecule has 2 N–H and O–H groups in total. The zero-order valence-corrected chi connectivity index (χ0v) is 10.5. The quantitative estimate of drug-likeness (QED) is 0.884. The average Bonchev–Trinajstić information content (AvgIpc) is 2.35. The lowest BCUT2D eigenvalue weighted by atomic mass is 9.98. The van der Waals surface area contributed by atoms with E-state index in [1.807, 2.05) is 25.1 Å². The van der Waals surface area contributed by atoms with Crippen molar-refractivity contribution in [1.82, 2.24) is 0 Å². The van der Waals surface area contributed by atoms with E-state index in [1.165, 1.54) is 6.07 Å². The Morgan fingerprint density at radius 2 is 1.63 bits per heavy atom. The molecule has 5 heteroatoms. The zero-order valence-electron chi connectivity index (χ0n) is 10.5. The van der Waals surface area contributed by atoms with Crippen molar-refractivity contribution in [3.05, 3.63) is 41.5 Å². The molecule has 2 aromatic rings. The fraction of sp³-hybridized carbons (Fsp3) is 0.143. The molecule has 0 unspecified atom stereocenters. The molecule has 0 spiro atoms. The third kappa shape index (κ3) is 2.22. The van der Waals surface area contributed by atoms with Crippen molar-refractivity contribution < 1.29 is 19.8 Å². The molecule has 2 rings (SSSR count). The molecule has 0 saturated carbocycles. The van der Waals surface area contributed by atoms with Gasteiger partial charge < -0.3 is 15.1 Å². The molecule has 0 aliphatic rings. The van der Waals surface area contributed by atoms with Gasteiger partial charge in [-0.1, -0.05) is 12.1 Å². The fourth-order valence-electron chi connectivity index (χ4n) is 1.99. The summed E-state index contributed by atoms with van der Waals surface area (Å²) in [5, 5.41) is 19.5. The maximum Gasteiger partial charge on any atom is 0.337 e. The van der Waals surface area contributed by atoms with Gasteiger partial charge in [0, 0.05) is 19.8 Å². The van der Waals surface area contributed by atoms with Crippen LogP contribution in [0.15, 0.2) is 30.3 Å². The van der Waals surface area contributed by atoms with Gasteiger partial charge in [-0.25, -0.2) is 9.59 Å². The first-order valence-electron chi connectivity index (χ1n) is 5.62. The van der Waals surface area contributed by atoms with E-state index in [9.17, 15) is 14.7 Å². The van der Waals surface area contributed by atoms with Crippen LogP contribution in [-0.4, -0.2) is 36.2 Å². The highest BCUT2D eigenvalue weighted by Gasteiger charge is 2.19. The molecule has 5 nitrogen and oxygen atoms in total. The van der Waals surface area contributed by atoms with Crippen LogP contribution in [0.1, 0.15) is 20.7 Å². The lowest BCUT2D eigenvalue weighted by Crippen LogP contribution is -2.11. The van der Waals surface area contributed by atoms with E-state index < -0.39 is 11.9 Å². The summed E-state index contributed by atoms with van der Waals surface area (Å²) >= 11 is 0. The highest BCUT2D eigenvalue weighted by molar-refractivity contribution is 6.12. The number of fused-ring (bicyclic) bond motifs is 1. The van der Waals surface area contributed by atoms with Crippen molar-refractivity contribution in [2.45, 2.75) is 0 Å². The van der Waals surface area contributed by atoms with Gasteiger partial charge in [0.15, 0.2) is 0 Å². The monoisotopic (exact) mass is 259 g/mol. The maximum atomic E-state index is 11.3. The van der Waals surface area contributed by atoms with Crippen LogP contribution in [0.25, 0.3) is 10.8 Å². The Balaban J connectivity index is 2.85. The second kappa shape index (κ2) is 4.61. The Hall–Kier alpha value is -2.56. The van der Waals surface area contributed by atoms with Gasteiger partial charge >= 0.3 is 11.9 Å². The predicted octanol–water partition coefficient (Wildman–Crippen LogP) is 2.30. The standard InChI is InChI=1S/C14H13NO4/c1-15(2)9-5-3-8-4-6-10(13(16)17)12(14(18)19)11(8)7-9/h3-7H,1-2H3,(H,16,17)(H,18,19). The van der Waals surface area contributed by atoms with Gasteiger partial charge in [-0.2, -0.15) is 0 Å². The molecule has 0 amide bonds. The summed E-state index contributed by atoms with van der Waals surface area (Å²) < 4.78 is 0. The molecule has 0 aliphatic heterocycles. The van der Waals surface area contributed by atoms with E-state index in [4.69, 9.17) is 5.11 Å². The van der Waals surface area contributed by atoms with Gasteiger partial charge in [0.2, 0.25) is 0 Å². The molecular formula is C14H13NO4. The first-order chi connectivity index (χ1) is 8.91. The summed E-state index contributed by atoms with van der Waals surface area (Å²) in [7, 11) is 3.67. The number of hydrogen-bond donors (Lipinski definition) is 2. The van der Waals surface area contributed by atoms with Crippen molar-refractivity contribution in [2.75, 3.05) is 19.0 Å². The molecule has 0 bridgehead atoms. The largest absolute Gasteiger partial charge is 0.478 e. The van der Waals surface area contributed by atoms with Crippen LogP contribution in [-0.2, 0) is 0 Å². The Kier molecular flexibility index (Phi) is 3.12. The fourth-order valence-corrected chi connectivity index (χ4v) is 1.99. The molecule has 19 heavy (non-hydrogen) atoms. The van der Waals surface area contributed by atoms with Crippen LogP contribution >= 0.6 is 0 Å². The van der Waals surface area contributed by atoms with Crippen molar-refractivity contribution in [2.24, 2.45) is 0 Å². The van der Waals surface area contributed by atoms with Crippen LogP contribution < -0.4 is 4.90 Å². The van der Waals surface area contributed by atoms with Gasteiger partial charge in [0.05, 0.1) is 11.1 Å². The van der Waals surface area contributed by atoms with E-state index in [0.29, 0.717) is 10.8 Å². The Morgan fingerprint density at radius 3 is 2.16 bits per heavy atom. The molecule has 0 aliphatic carbocycles. The summed E-state index contributed by atoms with van der Waals surface area (Å²) in [5.41, 5.74) is 0.446. The third-order valence-corrected chi connectivity index (χ3v) is 2.97. The van der Waals surface area contributed by atoms with Crippen molar-refractivity contribution in [3.8, 4) is 0 Å². The first kappa shape index (κ1) is 12.9. The molecule has 2 aromatic carbocycles. The van der Waals surface area contributed by atoms with E-state index in [1.54, 1.807) is 18.2 Å². The van der Waals surface area contributed by atoms with Crippen LogP contribution in [0.2, 0.25) is 0 Å². The summed E-state index contributed by atoms with van der Waals surface area (Å²) in [5.74, 6) is -2.48. The van der Waals surface area contributed by atoms with Gasteiger partial charge in [-0.3, -0.25) is 0 Å². The Labute approximate surface area is 109 Å². The highest BCUT2D eigenvalue weighted by atomic mass is 16.4. The molecule has 98 valence electrons. The van der Waals surface area contributed by atoms with Crippen LogP contribution in [0, 0.1) is 0 Å². The average molecular weight is 259 g/mol. The van der Waals surface area contributed by atoms with Crippen LogP contribution in [0.3, 0.4) is 0 Å². The van der Waals surface area contributed by atoms with Crippen molar-refractivity contribution in [1.29, 1.82) is 0 Å². The number of carboxylic acids is 2. The minimum absolute atomic E-state index is 0.172. The van der Waals surface area contributed by atoms with Gasteiger partial charge in [0.25, 0.3) is 0 Å². The molecule has 0 aromatic heterocycles. The number of aromatic carboxylic acids is 2. The lowest BCUT2D eigenvalue weighted by Gasteiger charge is -2.14. The van der Waals surface area contributed by atoms with E-state index >= 15 is 0 Å². The molecule has 0 atom stereocenters. The molecule has 0 saturated heterocycles. The smallest absolute Gasteiger partial charge is 0.337 e. The molecule has 0 radical (unpaired) electrons. The Morgan fingerprint density at radius 1 is 1.00 bits per heavy atom. The summed E-state index contributed by atoms with van der Waals surface area (Å²) in [6, 6.07) is 8.26. The van der Waals surface area contributed by atoms with Crippen LogP contribution in [0.5, 0.6) is 0 Å². The van der Waals surface area contributed by atoms with E-state index in [0.717, 1.165) is 5.69 Å². The second-order valence-corrected chi connectivity index (χ2v) is 4.40. The number of nitrogens with zero attached hydrogens (tertiary/aromatic N) is 1. The highest BCUT2D eigenvalue weighted by Crippen LogP contribution is 2.27. The number of benzene rings is 2. The minimum Gasteiger partial charge on any atom is -0.478 e. The lowest BCUT2D eigenvalue weighted by molar-refractivity contribution is 0.0653. The number of hydrogen-bond acceptors (Lipinski definition) is 3. The first-order valence-corrected chi connectivity index (χ1v) is 5.62. The number of anilines is 1.